The summed E-state index contributed by atoms with van der Waals surface area (Å²) in [5.74, 6) is 0.530. The van der Waals surface area contributed by atoms with Crippen LogP contribution in [0.15, 0.2) is 0 Å². The summed E-state index contributed by atoms with van der Waals surface area (Å²) in [4.78, 5) is 30.1. The lowest BCUT2D eigenvalue weighted by Gasteiger charge is -2.24. The molecular formula is C12H18N6O3. The van der Waals surface area contributed by atoms with Crippen LogP contribution in [0.5, 0.6) is 0 Å². The lowest BCUT2D eigenvalue weighted by molar-refractivity contribution is -0.385. The maximum Gasteiger partial charge on any atom is 0.332 e. The summed E-state index contributed by atoms with van der Waals surface area (Å²) >= 11 is 0. The Labute approximate surface area is 121 Å². The van der Waals surface area contributed by atoms with Gasteiger partial charge in [-0.2, -0.15) is 4.98 Å². The molecule has 9 nitrogen and oxygen atoms in total. The van der Waals surface area contributed by atoms with Crippen LogP contribution in [0.1, 0.15) is 25.5 Å². The topological polar surface area (TPSA) is 122 Å². The van der Waals surface area contributed by atoms with Gasteiger partial charge in [0.15, 0.2) is 0 Å². The van der Waals surface area contributed by atoms with E-state index in [0.29, 0.717) is 37.6 Å². The number of anilines is 2. The van der Waals surface area contributed by atoms with Crippen LogP contribution in [-0.2, 0) is 4.79 Å². The second-order valence-electron chi connectivity index (χ2n) is 4.80. The smallest absolute Gasteiger partial charge is 0.332 e. The molecule has 1 aromatic heterocycles. The van der Waals surface area contributed by atoms with E-state index in [1.807, 2.05) is 6.92 Å². The number of carbonyl (C=O) groups excluding carboxylic acids is 1. The van der Waals surface area contributed by atoms with E-state index in [-0.39, 0.29) is 23.5 Å². The van der Waals surface area contributed by atoms with Crippen LogP contribution < -0.4 is 16.0 Å². The summed E-state index contributed by atoms with van der Waals surface area (Å²) in [5, 5.41) is 19.9. The standard InChI is InChI=1S/C12H18N6O3/c1-3-13-12-15-7(2)10(18(20)21)11(17-12)16-8-4-5-9(19)14-6-8/h8H,3-6H2,1-2H3,(H,14,19)(H2,13,15,16,17). The molecule has 1 unspecified atom stereocenters. The van der Waals surface area contributed by atoms with Crippen molar-refractivity contribution in [3.05, 3.63) is 15.8 Å². The van der Waals surface area contributed by atoms with Crippen molar-refractivity contribution >= 4 is 23.4 Å². The van der Waals surface area contributed by atoms with E-state index in [1.165, 1.54) is 0 Å². The van der Waals surface area contributed by atoms with Crippen molar-refractivity contribution in [2.24, 2.45) is 0 Å². The first-order valence-electron chi connectivity index (χ1n) is 6.81. The molecule has 0 aliphatic carbocycles. The van der Waals surface area contributed by atoms with Crippen molar-refractivity contribution in [1.29, 1.82) is 0 Å². The average molecular weight is 294 g/mol. The summed E-state index contributed by atoms with van der Waals surface area (Å²) in [6.45, 7) is 4.52. The minimum atomic E-state index is -0.491. The van der Waals surface area contributed by atoms with Gasteiger partial charge in [0, 0.05) is 25.6 Å². The summed E-state index contributed by atoms with van der Waals surface area (Å²) in [6.07, 6.45) is 1.01. The number of nitro groups is 1. The van der Waals surface area contributed by atoms with Crippen LogP contribution in [0.4, 0.5) is 17.5 Å². The highest BCUT2D eigenvalue weighted by Crippen LogP contribution is 2.27. The SMILES string of the molecule is CCNc1nc(C)c([N+](=O)[O-])c(NC2CCC(=O)NC2)n1. The largest absolute Gasteiger partial charge is 0.360 e. The minimum Gasteiger partial charge on any atom is -0.360 e. The highest BCUT2D eigenvalue weighted by molar-refractivity contribution is 5.77. The third kappa shape index (κ3) is 3.56. The Bertz CT molecular complexity index is 552. The van der Waals surface area contributed by atoms with Gasteiger partial charge in [-0.25, -0.2) is 4.98 Å². The third-order valence-corrected chi connectivity index (χ3v) is 3.18. The molecule has 0 saturated carbocycles. The summed E-state index contributed by atoms with van der Waals surface area (Å²) in [7, 11) is 0. The Kier molecular flexibility index (Phi) is 4.51. The number of nitrogens with zero attached hydrogens (tertiary/aromatic N) is 3. The molecule has 3 N–H and O–H groups in total. The molecule has 21 heavy (non-hydrogen) atoms. The van der Waals surface area contributed by atoms with Crippen LogP contribution >= 0.6 is 0 Å². The first kappa shape index (κ1) is 14.9. The van der Waals surface area contributed by atoms with E-state index in [0.717, 1.165) is 0 Å². The van der Waals surface area contributed by atoms with Crippen molar-refractivity contribution in [3.8, 4) is 0 Å². The Morgan fingerprint density at radius 1 is 1.48 bits per heavy atom. The highest BCUT2D eigenvalue weighted by Gasteiger charge is 2.26. The molecule has 0 bridgehead atoms. The van der Waals surface area contributed by atoms with E-state index in [2.05, 4.69) is 25.9 Å². The van der Waals surface area contributed by atoms with E-state index in [4.69, 9.17) is 0 Å². The second-order valence-corrected chi connectivity index (χ2v) is 4.80. The maximum absolute atomic E-state index is 11.2. The highest BCUT2D eigenvalue weighted by atomic mass is 16.6. The molecule has 1 atom stereocenters. The van der Waals surface area contributed by atoms with E-state index in [9.17, 15) is 14.9 Å². The van der Waals surface area contributed by atoms with Gasteiger partial charge >= 0.3 is 5.69 Å². The molecule has 1 saturated heterocycles. The fourth-order valence-corrected chi connectivity index (χ4v) is 2.17. The monoisotopic (exact) mass is 294 g/mol. The predicted octanol–water partition coefficient (Wildman–Crippen LogP) is 0.816. The molecule has 114 valence electrons. The molecule has 1 aliphatic heterocycles. The lowest BCUT2D eigenvalue weighted by atomic mass is 10.1. The van der Waals surface area contributed by atoms with Crippen LogP contribution in [-0.4, -0.2) is 39.9 Å². The average Bonchev–Trinajstić information content (AvgIpc) is 2.41. The zero-order chi connectivity index (χ0) is 15.4. The minimum absolute atomic E-state index is 0.00486. The van der Waals surface area contributed by atoms with E-state index < -0.39 is 4.92 Å². The molecule has 0 aromatic carbocycles. The lowest BCUT2D eigenvalue weighted by Crippen LogP contribution is -2.42. The van der Waals surface area contributed by atoms with Crippen molar-refractivity contribution in [2.75, 3.05) is 23.7 Å². The number of hydrogen-bond acceptors (Lipinski definition) is 7. The van der Waals surface area contributed by atoms with Crippen molar-refractivity contribution < 1.29 is 9.72 Å². The van der Waals surface area contributed by atoms with Crippen molar-refractivity contribution in [3.63, 3.8) is 0 Å². The zero-order valence-corrected chi connectivity index (χ0v) is 12.0. The molecule has 1 aromatic rings. The van der Waals surface area contributed by atoms with Gasteiger partial charge in [-0.15, -0.1) is 0 Å². The van der Waals surface area contributed by atoms with Gasteiger partial charge in [-0.1, -0.05) is 0 Å². The van der Waals surface area contributed by atoms with Gasteiger partial charge in [0.2, 0.25) is 17.7 Å². The molecule has 0 spiro atoms. The molecular weight excluding hydrogens is 276 g/mol. The number of rotatable bonds is 5. The molecule has 2 rings (SSSR count). The first-order valence-corrected chi connectivity index (χ1v) is 6.81. The normalized spacial score (nSPS) is 18.0. The fraction of sp³-hybridized carbons (Fsp3) is 0.583. The first-order chi connectivity index (χ1) is 10.0. The summed E-state index contributed by atoms with van der Waals surface area (Å²) < 4.78 is 0. The second kappa shape index (κ2) is 6.33. The zero-order valence-electron chi connectivity index (χ0n) is 12.0. The molecule has 9 heteroatoms. The Morgan fingerprint density at radius 2 is 2.24 bits per heavy atom. The van der Waals surface area contributed by atoms with Gasteiger partial charge in [0.05, 0.1) is 4.92 Å². The van der Waals surface area contributed by atoms with Crippen molar-refractivity contribution in [2.45, 2.75) is 32.7 Å². The number of nitrogens with one attached hydrogen (secondary N) is 3. The van der Waals surface area contributed by atoms with Gasteiger partial charge < -0.3 is 16.0 Å². The fourth-order valence-electron chi connectivity index (χ4n) is 2.17. The number of aryl methyl sites for hydroxylation is 1. The number of hydrogen-bond donors (Lipinski definition) is 3. The van der Waals surface area contributed by atoms with Crippen LogP contribution in [0, 0.1) is 17.0 Å². The molecule has 0 radical (unpaired) electrons. The van der Waals surface area contributed by atoms with Gasteiger partial charge in [0.1, 0.15) is 5.69 Å². The van der Waals surface area contributed by atoms with Crippen molar-refractivity contribution in [1.82, 2.24) is 15.3 Å². The summed E-state index contributed by atoms with van der Waals surface area (Å²) in [5.41, 5.74) is 0.168. The third-order valence-electron chi connectivity index (χ3n) is 3.18. The van der Waals surface area contributed by atoms with E-state index in [1.54, 1.807) is 6.92 Å². The Balaban J connectivity index is 2.26. The molecule has 1 aliphatic rings. The molecule has 2 heterocycles. The summed E-state index contributed by atoms with van der Waals surface area (Å²) in [6, 6.07) is -0.0785. The van der Waals surface area contributed by atoms with Gasteiger partial charge in [-0.3, -0.25) is 14.9 Å². The van der Waals surface area contributed by atoms with E-state index >= 15 is 0 Å². The number of piperidine rings is 1. The van der Waals surface area contributed by atoms with Gasteiger partial charge in [-0.05, 0) is 20.3 Å². The predicted molar refractivity (Wildman–Crippen MR) is 77.2 cm³/mol. The number of amides is 1. The van der Waals surface area contributed by atoms with Crippen LogP contribution in [0.2, 0.25) is 0 Å². The Hall–Kier alpha value is -2.45. The quantitative estimate of drug-likeness (QED) is 0.542. The number of carbonyl (C=O) groups is 1. The van der Waals surface area contributed by atoms with Crippen LogP contribution in [0.3, 0.4) is 0 Å². The maximum atomic E-state index is 11.2. The molecule has 1 fully saturated rings. The van der Waals surface area contributed by atoms with Crippen LogP contribution in [0.25, 0.3) is 0 Å². The number of aromatic nitrogens is 2. The van der Waals surface area contributed by atoms with Gasteiger partial charge in [0.25, 0.3) is 0 Å². The Morgan fingerprint density at radius 3 is 2.81 bits per heavy atom. The molecule has 1 amide bonds.